The summed E-state index contributed by atoms with van der Waals surface area (Å²) in [6.45, 7) is 3.55. The summed E-state index contributed by atoms with van der Waals surface area (Å²) in [6, 6.07) is 17.3. The maximum Gasteiger partial charge on any atom is 0.221 e. The van der Waals surface area contributed by atoms with Crippen molar-refractivity contribution >= 4 is 28.3 Å². The van der Waals surface area contributed by atoms with Gasteiger partial charge in [0.2, 0.25) is 5.91 Å². The summed E-state index contributed by atoms with van der Waals surface area (Å²) in [6.07, 6.45) is 3.55. The van der Waals surface area contributed by atoms with E-state index in [0.29, 0.717) is 0 Å². The lowest BCUT2D eigenvalue weighted by Crippen LogP contribution is -2.15. The highest BCUT2D eigenvalue weighted by molar-refractivity contribution is 5.94. The number of rotatable bonds is 5. The summed E-state index contributed by atoms with van der Waals surface area (Å²) in [5, 5.41) is 7.40. The molecule has 3 aromatic heterocycles. The molecule has 140 valence electrons. The molecule has 0 spiro atoms. The molecule has 0 saturated heterocycles. The van der Waals surface area contributed by atoms with Gasteiger partial charge in [-0.05, 0) is 49.4 Å². The van der Waals surface area contributed by atoms with E-state index in [1.165, 1.54) is 6.92 Å². The van der Waals surface area contributed by atoms with E-state index < -0.39 is 0 Å². The summed E-state index contributed by atoms with van der Waals surface area (Å²) in [5.74, 6) is 0.672. The molecule has 3 N–H and O–H groups in total. The molecule has 1 amide bonds. The average molecular weight is 371 g/mol. The molecule has 6 nitrogen and oxygen atoms in total. The van der Waals surface area contributed by atoms with E-state index in [1.807, 2.05) is 61.5 Å². The van der Waals surface area contributed by atoms with Crippen LogP contribution in [0.1, 0.15) is 29.9 Å². The zero-order chi connectivity index (χ0) is 19.5. The molecule has 0 aliphatic carbocycles. The van der Waals surface area contributed by atoms with Gasteiger partial charge in [-0.1, -0.05) is 12.1 Å². The van der Waals surface area contributed by atoms with Crippen LogP contribution in [0.15, 0.2) is 67.0 Å². The van der Waals surface area contributed by atoms with Gasteiger partial charge in [0.15, 0.2) is 0 Å². The van der Waals surface area contributed by atoms with Crippen molar-refractivity contribution in [2.45, 2.75) is 19.9 Å². The molecule has 6 heteroatoms. The highest BCUT2D eigenvalue weighted by Gasteiger charge is 2.22. The highest BCUT2D eigenvalue weighted by atomic mass is 16.1. The van der Waals surface area contributed by atoms with Gasteiger partial charge in [0.25, 0.3) is 0 Å². The second kappa shape index (κ2) is 7.52. The number of nitrogens with one attached hydrogen (secondary N) is 3. The number of benzene rings is 1. The van der Waals surface area contributed by atoms with Crippen molar-refractivity contribution < 1.29 is 4.79 Å². The Hall–Kier alpha value is -3.67. The van der Waals surface area contributed by atoms with Gasteiger partial charge in [-0.2, -0.15) is 0 Å². The second-order valence-electron chi connectivity index (χ2n) is 6.65. The molecule has 0 bridgehead atoms. The average Bonchev–Trinajstić information content (AvgIpc) is 3.02. The van der Waals surface area contributed by atoms with Gasteiger partial charge < -0.3 is 15.6 Å². The van der Waals surface area contributed by atoms with Crippen LogP contribution in [0.4, 0.5) is 11.5 Å². The molecule has 4 aromatic rings. The summed E-state index contributed by atoms with van der Waals surface area (Å²) in [4.78, 5) is 23.9. The van der Waals surface area contributed by atoms with E-state index in [2.05, 4.69) is 25.6 Å². The third-order valence-electron chi connectivity index (χ3n) is 4.59. The van der Waals surface area contributed by atoms with Crippen molar-refractivity contribution in [2.75, 3.05) is 10.6 Å². The minimum absolute atomic E-state index is 0.0963. The zero-order valence-electron chi connectivity index (χ0n) is 15.7. The number of carbonyl (C=O) groups excluding carboxylic acids is 1. The predicted octanol–water partition coefficient (Wildman–Crippen LogP) is 4.43. The van der Waals surface area contributed by atoms with Crippen LogP contribution in [-0.4, -0.2) is 20.9 Å². The number of carbonyl (C=O) groups is 1. The summed E-state index contributed by atoms with van der Waals surface area (Å²) in [7, 11) is 0. The van der Waals surface area contributed by atoms with Gasteiger partial charge in [0.1, 0.15) is 5.82 Å². The number of H-pyrrole nitrogens is 1. The minimum atomic E-state index is -0.197. The van der Waals surface area contributed by atoms with Crippen molar-refractivity contribution in [1.82, 2.24) is 15.0 Å². The molecule has 4 rings (SSSR count). The number of aromatic nitrogens is 3. The van der Waals surface area contributed by atoms with Crippen LogP contribution in [-0.2, 0) is 4.79 Å². The number of aromatic amines is 1. The maximum absolute atomic E-state index is 11.5. The fourth-order valence-electron chi connectivity index (χ4n) is 3.44. The number of hydrogen-bond donors (Lipinski definition) is 3. The van der Waals surface area contributed by atoms with E-state index in [1.54, 1.807) is 12.4 Å². The third kappa shape index (κ3) is 3.57. The first-order chi connectivity index (χ1) is 13.6. The first-order valence-corrected chi connectivity index (χ1v) is 9.10. The lowest BCUT2D eigenvalue weighted by molar-refractivity contribution is -0.114. The lowest BCUT2D eigenvalue weighted by Gasteiger charge is -2.20. The second-order valence-corrected chi connectivity index (χ2v) is 6.65. The Morgan fingerprint density at radius 2 is 1.82 bits per heavy atom. The van der Waals surface area contributed by atoms with Gasteiger partial charge >= 0.3 is 0 Å². The standard InChI is InChI=1S/C22H21N5O/c1-14-21(17-13-16(26-15(2)28)9-10-18(17)25-14)22(19-7-3-5-11-23-19)27-20-8-4-6-12-24-20/h3-13,22,25H,1-2H3,(H,24,27)(H,26,28)/t22-/m0/s1. The quantitative estimate of drug-likeness (QED) is 0.485. The molecular weight excluding hydrogens is 350 g/mol. The molecule has 3 heterocycles. The van der Waals surface area contributed by atoms with Gasteiger partial charge in [-0.3, -0.25) is 9.78 Å². The molecule has 0 aliphatic rings. The van der Waals surface area contributed by atoms with Gasteiger partial charge in [-0.15, -0.1) is 0 Å². The van der Waals surface area contributed by atoms with Crippen LogP contribution >= 0.6 is 0 Å². The molecule has 1 atom stereocenters. The molecule has 0 radical (unpaired) electrons. The van der Waals surface area contributed by atoms with Crippen molar-refractivity contribution in [2.24, 2.45) is 0 Å². The number of amides is 1. The number of aryl methyl sites for hydroxylation is 1. The molecule has 0 aliphatic heterocycles. The Morgan fingerprint density at radius 1 is 1.04 bits per heavy atom. The topological polar surface area (TPSA) is 82.7 Å². The Morgan fingerprint density at radius 3 is 2.50 bits per heavy atom. The summed E-state index contributed by atoms with van der Waals surface area (Å²) in [5.41, 5.74) is 4.77. The van der Waals surface area contributed by atoms with Crippen LogP contribution in [0.2, 0.25) is 0 Å². The molecule has 28 heavy (non-hydrogen) atoms. The lowest BCUT2D eigenvalue weighted by atomic mass is 9.99. The fourth-order valence-corrected chi connectivity index (χ4v) is 3.44. The molecular formula is C22H21N5O. The first-order valence-electron chi connectivity index (χ1n) is 9.10. The van der Waals surface area contributed by atoms with E-state index in [4.69, 9.17) is 0 Å². The Bertz CT molecular complexity index is 1110. The summed E-state index contributed by atoms with van der Waals surface area (Å²) >= 11 is 0. The number of pyridine rings is 2. The Kier molecular flexibility index (Phi) is 4.76. The largest absolute Gasteiger partial charge is 0.358 e. The summed E-state index contributed by atoms with van der Waals surface area (Å²) < 4.78 is 0. The maximum atomic E-state index is 11.5. The van der Waals surface area contributed by atoms with E-state index in [0.717, 1.165) is 39.4 Å². The SMILES string of the molecule is CC(=O)Nc1ccc2[nH]c(C)c([C@@H](Nc3ccccn3)c3ccccn3)c2c1. The highest BCUT2D eigenvalue weighted by Crippen LogP contribution is 2.34. The zero-order valence-corrected chi connectivity index (χ0v) is 15.7. The van der Waals surface area contributed by atoms with Crippen LogP contribution < -0.4 is 10.6 Å². The molecule has 0 saturated carbocycles. The van der Waals surface area contributed by atoms with Gasteiger partial charge in [0, 0.05) is 47.2 Å². The molecule has 0 unspecified atom stereocenters. The van der Waals surface area contributed by atoms with Gasteiger partial charge in [-0.25, -0.2) is 4.98 Å². The van der Waals surface area contributed by atoms with Crippen LogP contribution in [0.3, 0.4) is 0 Å². The van der Waals surface area contributed by atoms with Crippen molar-refractivity contribution in [3.8, 4) is 0 Å². The molecule has 0 fully saturated rings. The van der Waals surface area contributed by atoms with E-state index in [-0.39, 0.29) is 11.9 Å². The first kappa shape index (κ1) is 17.7. The number of anilines is 2. The van der Waals surface area contributed by atoms with Crippen molar-refractivity contribution in [1.29, 1.82) is 0 Å². The third-order valence-corrected chi connectivity index (χ3v) is 4.59. The van der Waals surface area contributed by atoms with Crippen molar-refractivity contribution in [3.63, 3.8) is 0 Å². The van der Waals surface area contributed by atoms with Crippen LogP contribution in [0, 0.1) is 6.92 Å². The number of fused-ring (bicyclic) bond motifs is 1. The smallest absolute Gasteiger partial charge is 0.221 e. The predicted molar refractivity (Wildman–Crippen MR) is 111 cm³/mol. The van der Waals surface area contributed by atoms with E-state index >= 15 is 0 Å². The Labute approximate surface area is 163 Å². The van der Waals surface area contributed by atoms with Crippen LogP contribution in [0.5, 0.6) is 0 Å². The fraction of sp³-hybridized carbons (Fsp3) is 0.136. The Balaban J connectivity index is 1.86. The molecule has 1 aromatic carbocycles. The number of hydrogen-bond acceptors (Lipinski definition) is 4. The van der Waals surface area contributed by atoms with Gasteiger partial charge in [0.05, 0.1) is 11.7 Å². The monoisotopic (exact) mass is 371 g/mol. The number of nitrogens with zero attached hydrogens (tertiary/aromatic N) is 2. The van der Waals surface area contributed by atoms with Crippen molar-refractivity contribution in [3.05, 3.63) is 83.9 Å². The minimum Gasteiger partial charge on any atom is -0.358 e. The normalized spacial score (nSPS) is 11.9. The van der Waals surface area contributed by atoms with Crippen LogP contribution in [0.25, 0.3) is 10.9 Å². The van der Waals surface area contributed by atoms with E-state index in [9.17, 15) is 4.79 Å².